The van der Waals surface area contributed by atoms with E-state index in [1.54, 1.807) is 0 Å². The van der Waals surface area contributed by atoms with Gasteiger partial charge in [0.25, 0.3) is 11.8 Å². The second kappa shape index (κ2) is 8.46. The SMILES string of the molecule is O=C(c1cccc(F)c1)N1CCN(C(=O)c2c(F)cc(OC(F)F)cc2F)CC1. The van der Waals surface area contributed by atoms with Gasteiger partial charge < -0.3 is 14.5 Å². The molecule has 3 rings (SSSR count). The molecule has 0 radical (unpaired) electrons. The second-order valence-electron chi connectivity index (χ2n) is 6.24. The monoisotopic (exact) mass is 414 g/mol. The molecule has 1 fully saturated rings. The molecule has 0 bridgehead atoms. The van der Waals surface area contributed by atoms with Crippen LogP contribution >= 0.6 is 0 Å². The van der Waals surface area contributed by atoms with E-state index in [1.165, 1.54) is 23.1 Å². The third-order valence-corrected chi connectivity index (χ3v) is 4.38. The Morgan fingerprint density at radius 2 is 1.41 bits per heavy atom. The van der Waals surface area contributed by atoms with Gasteiger partial charge in [-0.15, -0.1) is 0 Å². The van der Waals surface area contributed by atoms with Crippen molar-refractivity contribution < 1.29 is 36.3 Å². The van der Waals surface area contributed by atoms with Crippen molar-refractivity contribution in [2.24, 2.45) is 0 Å². The molecule has 1 aliphatic rings. The standard InChI is InChI=1S/C19H15F5N2O3/c20-12-3-1-2-11(8-12)17(27)25-4-6-26(7-5-25)18(28)16-14(21)9-13(10-15(16)22)29-19(23)24/h1-3,8-10,19H,4-7H2. The lowest BCUT2D eigenvalue weighted by Gasteiger charge is -2.35. The zero-order chi connectivity index (χ0) is 21.1. The molecular weight excluding hydrogens is 399 g/mol. The van der Waals surface area contributed by atoms with Crippen molar-refractivity contribution in [2.45, 2.75) is 6.61 Å². The molecule has 0 unspecified atom stereocenters. The summed E-state index contributed by atoms with van der Waals surface area (Å²) in [6.45, 7) is -3.12. The molecule has 0 N–H and O–H groups in total. The first-order valence-electron chi connectivity index (χ1n) is 8.54. The molecule has 1 aliphatic heterocycles. The fourth-order valence-electron chi connectivity index (χ4n) is 3.00. The highest BCUT2D eigenvalue weighted by Gasteiger charge is 2.29. The largest absolute Gasteiger partial charge is 0.435 e. The Kier molecular flexibility index (Phi) is 6.00. The maximum atomic E-state index is 14.1. The minimum absolute atomic E-state index is 0.00590. The van der Waals surface area contributed by atoms with Gasteiger partial charge in [-0.05, 0) is 18.2 Å². The van der Waals surface area contributed by atoms with Crippen LogP contribution in [0.15, 0.2) is 36.4 Å². The van der Waals surface area contributed by atoms with Crippen LogP contribution in [-0.2, 0) is 0 Å². The van der Waals surface area contributed by atoms with Crippen LogP contribution in [0.3, 0.4) is 0 Å². The Morgan fingerprint density at radius 3 is 1.93 bits per heavy atom. The van der Waals surface area contributed by atoms with Crippen LogP contribution in [0.1, 0.15) is 20.7 Å². The van der Waals surface area contributed by atoms with E-state index in [0.717, 1.165) is 11.0 Å². The maximum absolute atomic E-state index is 14.1. The lowest BCUT2D eigenvalue weighted by molar-refractivity contribution is -0.0501. The van der Waals surface area contributed by atoms with Gasteiger partial charge in [-0.2, -0.15) is 8.78 Å². The molecule has 2 aromatic rings. The zero-order valence-corrected chi connectivity index (χ0v) is 14.9. The molecule has 154 valence electrons. The van der Waals surface area contributed by atoms with Crippen LogP contribution in [-0.4, -0.2) is 54.4 Å². The Hall–Kier alpha value is -3.17. The number of piperazine rings is 1. The van der Waals surface area contributed by atoms with Crippen molar-refractivity contribution in [1.82, 2.24) is 9.80 Å². The molecule has 0 spiro atoms. The summed E-state index contributed by atoms with van der Waals surface area (Å²) in [5, 5.41) is 0. The number of nitrogens with zero attached hydrogens (tertiary/aromatic N) is 2. The van der Waals surface area contributed by atoms with Crippen LogP contribution in [0.5, 0.6) is 5.75 Å². The van der Waals surface area contributed by atoms with Crippen molar-refractivity contribution in [3.05, 3.63) is 65.0 Å². The fraction of sp³-hybridized carbons (Fsp3) is 0.263. The predicted octanol–water partition coefficient (Wildman–Crippen LogP) is 3.30. The Bertz CT molecular complexity index is 907. The molecule has 10 heteroatoms. The molecule has 0 saturated carbocycles. The van der Waals surface area contributed by atoms with Gasteiger partial charge in [0.05, 0.1) is 0 Å². The molecule has 2 amide bonds. The number of ether oxygens (including phenoxy) is 1. The van der Waals surface area contributed by atoms with Gasteiger partial charge in [0.2, 0.25) is 0 Å². The van der Waals surface area contributed by atoms with E-state index in [1.807, 2.05) is 0 Å². The smallest absolute Gasteiger partial charge is 0.387 e. The summed E-state index contributed by atoms with van der Waals surface area (Å²) in [4.78, 5) is 27.4. The van der Waals surface area contributed by atoms with Crippen molar-refractivity contribution in [1.29, 1.82) is 0 Å². The third kappa shape index (κ3) is 4.64. The third-order valence-electron chi connectivity index (χ3n) is 4.38. The Balaban J connectivity index is 1.68. The Morgan fingerprint density at radius 1 is 0.862 bits per heavy atom. The zero-order valence-electron chi connectivity index (χ0n) is 14.9. The second-order valence-corrected chi connectivity index (χ2v) is 6.24. The van der Waals surface area contributed by atoms with E-state index in [2.05, 4.69) is 4.74 Å². The first kappa shape index (κ1) is 20.6. The number of carbonyl (C=O) groups is 2. The van der Waals surface area contributed by atoms with Crippen molar-refractivity contribution in [2.75, 3.05) is 26.2 Å². The molecule has 1 heterocycles. The fourth-order valence-corrected chi connectivity index (χ4v) is 3.00. The molecule has 0 atom stereocenters. The van der Waals surface area contributed by atoms with E-state index in [0.29, 0.717) is 12.1 Å². The van der Waals surface area contributed by atoms with Crippen LogP contribution in [0.2, 0.25) is 0 Å². The lowest BCUT2D eigenvalue weighted by Crippen LogP contribution is -2.50. The normalized spacial score (nSPS) is 14.3. The predicted molar refractivity (Wildman–Crippen MR) is 91.2 cm³/mol. The van der Waals surface area contributed by atoms with Gasteiger partial charge in [-0.3, -0.25) is 9.59 Å². The summed E-state index contributed by atoms with van der Waals surface area (Å²) < 4.78 is 69.8. The molecule has 29 heavy (non-hydrogen) atoms. The molecular formula is C19H15F5N2O3. The van der Waals surface area contributed by atoms with E-state index in [9.17, 15) is 31.5 Å². The minimum Gasteiger partial charge on any atom is -0.435 e. The summed E-state index contributed by atoms with van der Waals surface area (Å²) in [7, 11) is 0. The van der Waals surface area contributed by atoms with Gasteiger partial charge >= 0.3 is 6.61 Å². The average molecular weight is 414 g/mol. The van der Waals surface area contributed by atoms with Gasteiger partial charge in [0.15, 0.2) is 0 Å². The summed E-state index contributed by atoms with van der Waals surface area (Å²) in [6, 6.07) is 6.16. The van der Waals surface area contributed by atoms with Crippen molar-refractivity contribution >= 4 is 11.8 Å². The van der Waals surface area contributed by atoms with E-state index in [4.69, 9.17) is 0 Å². The maximum Gasteiger partial charge on any atom is 0.387 e. The number of carbonyl (C=O) groups excluding carboxylic acids is 2. The topological polar surface area (TPSA) is 49.9 Å². The highest BCUT2D eigenvalue weighted by atomic mass is 19.3. The number of benzene rings is 2. The average Bonchev–Trinajstić information content (AvgIpc) is 2.66. The van der Waals surface area contributed by atoms with Gasteiger partial charge in [0.1, 0.15) is 28.8 Å². The van der Waals surface area contributed by atoms with E-state index < -0.39 is 47.2 Å². The highest BCUT2D eigenvalue weighted by molar-refractivity contribution is 5.96. The summed E-state index contributed by atoms with van der Waals surface area (Å²) in [5.41, 5.74) is -0.743. The first-order valence-corrected chi connectivity index (χ1v) is 8.54. The number of rotatable bonds is 4. The molecule has 1 saturated heterocycles. The highest BCUT2D eigenvalue weighted by Crippen LogP contribution is 2.24. The van der Waals surface area contributed by atoms with Crippen LogP contribution in [0.4, 0.5) is 22.0 Å². The Labute approximate surface area is 162 Å². The summed E-state index contributed by atoms with van der Waals surface area (Å²) in [6.07, 6.45) is 0. The number of hydrogen-bond donors (Lipinski definition) is 0. The van der Waals surface area contributed by atoms with Gasteiger partial charge in [-0.25, -0.2) is 13.2 Å². The lowest BCUT2D eigenvalue weighted by atomic mass is 10.1. The number of amides is 2. The quantitative estimate of drug-likeness (QED) is 0.722. The van der Waals surface area contributed by atoms with Crippen LogP contribution in [0.25, 0.3) is 0 Å². The van der Waals surface area contributed by atoms with E-state index in [-0.39, 0.29) is 31.7 Å². The summed E-state index contributed by atoms with van der Waals surface area (Å²) >= 11 is 0. The minimum atomic E-state index is -3.26. The molecule has 0 aromatic heterocycles. The van der Waals surface area contributed by atoms with Crippen LogP contribution in [0, 0.1) is 17.5 Å². The number of halogens is 5. The van der Waals surface area contributed by atoms with Crippen molar-refractivity contribution in [3.63, 3.8) is 0 Å². The van der Waals surface area contributed by atoms with Gasteiger partial charge in [0, 0.05) is 43.9 Å². The molecule has 0 aliphatic carbocycles. The van der Waals surface area contributed by atoms with Gasteiger partial charge in [-0.1, -0.05) is 6.07 Å². The van der Waals surface area contributed by atoms with Crippen molar-refractivity contribution in [3.8, 4) is 5.75 Å². The number of hydrogen-bond acceptors (Lipinski definition) is 3. The molecule has 2 aromatic carbocycles. The van der Waals surface area contributed by atoms with E-state index >= 15 is 0 Å². The summed E-state index contributed by atoms with van der Waals surface area (Å²) in [5.74, 6) is -5.36. The number of alkyl halides is 2. The first-order chi connectivity index (χ1) is 13.8. The van der Waals surface area contributed by atoms with Crippen LogP contribution < -0.4 is 4.74 Å². The molecule has 5 nitrogen and oxygen atoms in total.